The van der Waals surface area contributed by atoms with E-state index >= 15 is 0 Å². The van der Waals surface area contributed by atoms with Gasteiger partial charge in [-0.15, -0.1) is 0 Å². The number of Topliss-reactive ketones (excluding diaryl/α,β-unsaturated/α-hetero) is 1. The van der Waals surface area contributed by atoms with Gasteiger partial charge in [0.25, 0.3) is 0 Å². The third-order valence-corrected chi connectivity index (χ3v) is 3.51. The molecule has 1 aromatic rings. The highest BCUT2D eigenvalue weighted by atomic mass is 16.3. The van der Waals surface area contributed by atoms with Gasteiger partial charge in [0.05, 0.1) is 12.5 Å². The Kier molecular flexibility index (Phi) is 3.24. The molecular weight excluding hydrogens is 188 g/mol. The first-order valence-corrected chi connectivity index (χ1v) is 5.83. The van der Waals surface area contributed by atoms with Gasteiger partial charge in [-0.1, -0.05) is 13.3 Å². The average molecular weight is 206 g/mol. The molecule has 82 valence electrons. The van der Waals surface area contributed by atoms with Gasteiger partial charge < -0.3 is 4.42 Å². The van der Waals surface area contributed by atoms with E-state index in [2.05, 4.69) is 6.92 Å². The lowest BCUT2D eigenvalue weighted by molar-refractivity contribution is -0.125. The van der Waals surface area contributed by atoms with Crippen LogP contribution in [0.5, 0.6) is 0 Å². The van der Waals surface area contributed by atoms with Crippen molar-refractivity contribution in [3.05, 3.63) is 24.2 Å². The summed E-state index contributed by atoms with van der Waals surface area (Å²) < 4.78 is 5.03. The molecule has 2 unspecified atom stereocenters. The molecule has 15 heavy (non-hydrogen) atoms. The smallest absolute Gasteiger partial charge is 0.136 e. The van der Waals surface area contributed by atoms with Gasteiger partial charge in [-0.05, 0) is 36.8 Å². The van der Waals surface area contributed by atoms with E-state index in [0.29, 0.717) is 5.78 Å². The van der Waals surface area contributed by atoms with E-state index < -0.39 is 0 Å². The number of hydrogen-bond acceptors (Lipinski definition) is 2. The molecular formula is C13H18O2. The summed E-state index contributed by atoms with van der Waals surface area (Å²) in [5.41, 5.74) is 1.16. The molecule has 1 heterocycles. The first kappa shape index (κ1) is 10.5. The number of rotatable bonds is 3. The van der Waals surface area contributed by atoms with Crippen molar-refractivity contribution >= 4 is 5.78 Å². The Balaban J connectivity index is 1.97. The molecule has 0 saturated heterocycles. The molecule has 1 aliphatic rings. The lowest BCUT2D eigenvalue weighted by atomic mass is 9.77. The molecule has 1 fully saturated rings. The summed E-state index contributed by atoms with van der Waals surface area (Å²) in [6, 6.07) is 1.96. The van der Waals surface area contributed by atoms with Crippen molar-refractivity contribution in [1.29, 1.82) is 0 Å². The maximum absolute atomic E-state index is 11.8. The maximum Gasteiger partial charge on any atom is 0.136 e. The van der Waals surface area contributed by atoms with Crippen molar-refractivity contribution in [2.45, 2.75) is 39.0 Å². The molecule has 1 saturated carbocycles. The Hall–Kier alpha value is -1.05. The van der Waals surface area contributed by atoms with Crippen LogP contribution in [0.3, 0.4) is 0 Å². The zero-order chi connectivity index (χ0) is 10.7. The van der Waals surface area contributed by atoms with Crippen LogP contribution in [-0.4, -0.2) is 5.78 Å². The van der Waals surface area contributed by atoms with Gasteiger partial charge in [0, 0.05) is 12.3 Å². The summed E-state index contributed by atoms with van der Waals surface area (Å²) in [5.74, 6) is 1.43. The summed E-state index contributed by atoms with van der Waals surface area (Å²) in [6.07, 6.45) is 8.45. The Morgan fingerprint density at radius 1 is 1.53 bits per heavy atom. The monoisotopic (exact) mass is 206 g/mol. The van der Waals surface area contributed by atoms with Gasteiger partial charge in [-0.2, -0.15) is 0 Å². The van der Waals surface area contributed by atoms with Gasteiger partial charge in [0.1, 0.15) is 5.78 Å². The topological polar surface area (TPSA) is 30.2 Å². The van der Waals surface area contributed by atoms with Crippen molar-refractivity contribution in [3.8, 4) is 0 Å². The van der Waals surface area contributed by atoms with E-state index in [0.717, 1.165) is 37.2 Å². The molecule has 0 amide bonds. The number of furan rings is 1. The Morgan fingerprint density at radius 2 is 2.40 bits per heavy atom. The zero-order valence-corrected chi connectivity index (χ0v) is 9.24. The molecule has 2 heteroatoms. The van der Waals surface area contributed by atoms with Crippen molar-refractivity contribution in [2.24, 2.45) is 11.8 Å². The van der Waals surface area contributed by atoms with E-state index in [1.807, 2.05) is 6.07 Å². The lowest BCUT2D eigenvalue weighted by Gasteiger charge is -2.26. The molecule has 0 N–H and O–H groups in total. The predicted molar refractivity (Wildman–Crippen MR) is 58.5 cm³/mol. The van der Waals surface area contributed by atoms with Gasteiger partial charge in [-0.25, -0.2) is 0 Å². The number of carbonyl (C=O) groups excluding carboxylic acids is 1. The molecule has 1 aromatic heterocycles. The van der Waals surface area contributed by atoms with Crippen molar-refractivity contribution in [3.63, 3.8) is 0 Å². The second kappa shape index (κ2) is 4.65. The summed E-state index contributed by atoms with van der Waals surface area (Å²) >= 11 is 0. The predicted octanol–water partition coefficient (Wildman–Crippen LogP) is 3.22. The van der Waals surface area contributed by atoms with E-state index in [4.69, 9.17) is 4.42 Å². The fourth-order valence-electron chi connectivity index (χ4n) is 2.46. The highest BCUT2D eigenvalue weighted by Crippen LogP contribution is 2.30. The standard InChI is InChI=1S/C13H18O2/c1-2-10-3-4-13(14)12(7-10)8-11-5-6-15-9-11/h5-6,9-10,12H,2-4,7-8H2,1H3. The van der Waals surface area contributed by atoms with Crippen LogP contribution >= 0.6 is 0 Å². The molecule has 0 radical (unpaired) electrons. The maximum atomic E-state index is 11.8. The molecule has 2 nitrogen and oxygen atoms in total. The number of hydrogen-bond donors (Lipinski definition) is 0. The van der Waals surface area contributed by atoms with Gasteiger partial charge in [-0.3, -0.25) is 4.79 Å². The van der Waals surface area contributed by atoms with E-state index in [9.17, 15) is 4.79 Å². The molecule has 0 aliphatic heterocycles. The first-order valence-electron chi connectivity index (χ1n) is 5.83. The quantitative estimate of drug-likeness (QED) is 0.760. The van der Waals surface area contributed by atoms with E-state index in [-0.39, 0.29) is 5.92 Å². The van der Waals surface area contributed by atoms with Crippen LogP contribution < -0.4 is 0 Å². The van der Waals surface area contributed by atoms with Crippen LogP contribution in [0.25, 0.3) is 0 Å². The highest BCUT2D eigenvalue weighted by molar-refractivity contribution is 5.82. The molecule has 0 spiro atoms. The van der Waals surface area contributed by atoms with Gasteiger partial charge in [0.2, 0.25) is 0 Å². The average Bonchev–Trinajstić information content (AvgIpc) is 2.74. The third kappa shape index (κ3) is 2.49. The molecule has 0 bridgehead atoms. The summed E-state index contributed by atoms with van der Waals surface area (Å²) in [4.78, 5) is 11.8. The van der Waals surface area contributed by atoms with E-state index in [1.165, 1.54) is 6.42 Å². The van der Waals surface area contributed by atoms with Gasteiger partial charge in [0.15, 0.2) is 0 Å². The lowest BCUT2D eigenvalue weighted by Crippen LogP contribution is -2.26. The second-order valence-corrected chi connectivity index (χ2v) is 4.55. The molecule has 0 aromatic carbocycles. The number of carbonyl (C=O) groups is 1. The minimum absolute atomic E-state index is 0.237. The minimum atomic E-state index is 0.237. The van der Waals surface area contributed by atoms with Crippen LogP contribution in [0.2, 0.25) is 0 Å². The molecule has 2 rings (SSSR count). The molecule has 2 atom stereocenters. The van der Waals surface area contributed by atoms with E-state index in [1.54, 1.807) is 12.5 Å². The van der Waals surface area contributed by atoms with Crippen LogP contribution in [0.1, 0.15) is 38.2 Å². The fourth-order valence-corrected chi connectivity index (χ4v) is 2.46. The minimum Gasteiger partial charge on any atom is -0.472 e. The SMILES string of the molecule is CCC1CCC(=O)C(Cc2ccoc2)C1. The van der Waals surface area contributed by atoms with Crippen LogP contribution in [0.15, 0.2) is 23.0 Å². The first-order chi connectivity index (χ1) is 7.29. The van der Waals surface area contributed by atoms with Crippen LogP contribution in [0.4, 0.5) is 0 Å². The molecule has 1 aliphatic carbocycles. The largest absolute Gasteiger partial charge is 0.472 e. The van der Waals surface area contributed by atoms with Gasteiger partial charge >= 0.3 is 0 Å². The zero-order valence-electron chi connectivity index (χ0n) is 9.24. The van der Waals surface area contributed by atoms with Crippen molar-refractivity contribution in [2.75, 3.05) is 0 Å². The summed E-state index contributed by atoms with van der Waals surface area (Å²) in [5, 5.41) is 0. The Bertz CT molecular complexity index is 313. The Morgan fingerprint density at radius 3 is 3.07 bits per heavy atom. The third-order valence-electron chi connectivity index (χ3n) is 3.51. The van der Waals surface area contributed by atoms with Crippen molar-refractivity contribution < 1.29 is 9.21 Å². The highest BCUT2D eigenvalue weighted by Gasteiger charge is 2.27. The summed E-state index contributed by atoms with van der Waals surface area (Å²) in [7, 11) is 0. The Labute approximate surface area is 90.7 Å². The fraction of sp³-hybridized carbons (Fsp3) is 0.615. The number of ketones is 1. The summed E-state index contributed by atoms with van der Waals surface area (Å²) in [6.45, 7) is 2.22. The second-order valence-electron chi connectivity index (χ2n) is 4.55. The van der Waals surface area contributed by atoms with Crippen LogP contribution in [0, 0.1) is 11.8 Å². The van der Waals surface area contributed by atoms with Crippen LogP contribution in [-0.2, 0) is 11.2 Å². The van der Waals surface area contributed by atoms with Crippen molar-refractivity contribution in [1.82, 2.24) is 0 Å². The normalized spacial score (nSPS) is 26.9.